The summed E-state index contributed by atoms with van der Waals surface area (Å²) in [7, 11) is 0. The van der Waals surface area contributed by atoms with Gasteiger partial charge in [0.25, 0.3) is 0 Å². The first kappa shape index (κ1) is 15.1. The van der Waals surface area contributed by atoms with Crippen molar-refractivity contribution in [2.75, 3.05) is 0 Å². The number of aliphatic hydroxyl groups excluding tert-OH is 1. The predicted octanol–water partition coefficient (Wildman–Crippen LogP) is 1.23. The summed E-state index contributed by atoms with van der Waals surface area (Å²) in [5.41, 5.74) is 1.14. The highest BCUT2D eigenvalue weighted by Gasteiger charge is 2.58. The number of carbonyl (C=O) groups excluding carboxylic acids is 1. The van der Waals surface area contributed by atoms with Crippen molar-refractivity contribution in [3.8, 4) is 0 Å². The molecule has 4 rings (SSSR count). The van der Waals surface area contributed by atoms with Crippen LogP contribution in [0.3, 0.4) is 0 Å². The van der Waals surface area contributed by atoms with Crippen LogP contribution < -0.4 is 0 Å². The predicted molar refractivity (Wildman–Crippen MR) is 85.2 cm³/mol. The number of hydrogen-bond donors (Lipinski definition) is 2. The summed E-state index contributed by atoms with van der Waals surface area (Å²) in [6.45, 7) is 2.44. The second kappa shape index (κ2) is 5.29. The summed E-state index contributed by atoms with van der Waals surface area (Å²) in [6, 6.07) is 0. The van der Waals surface area contributed by atoms with Crippen molar-refractivity contribution in [3.05, 3.63) is 28.2 Å². The Bertz CT molecular complexity index is 729. The third-order valence-corrected chi connectivity index (χ3v) is 7.32. The molecule has 0 spiro atoms. The lowest BCUT2D eigenvalue weighted by molar-refractivity contribution is -0.156. The number of aromatic nitrogens is 2. The Morgan fingerprint density at radius 2 is 2.35 bits per heavy atom. The fourth-order valence-electron chi connectivity index (χ4n) is 3.27. The summed E-state index contributed by atoms with van der Waals surface area (Å²) in [5.74, 6) is -1.92. The Kier molecular flexibility index (Phi) is 3.47. The first-order chi connectivity index (χ1) is 11.0. The van der Waals surface area contributed by atoms with Crippen molar-refractivity contribution in [3.63, 3.8) is 0 Å². The Morgan fingerprint density at radius 3 is 3.04 bits per heavy atom. The largest absolute Gasteiger partial charge is 0.477 e. The third kappa shape index (κ3) is 2.14. The number of aryl methyl sites for hydroxylation is 1. The number of amides is 1. The first-order valence-electron chi connectivity index (χ1n) is 7.31. The molecule has 0 aromatic carbocycles. The monoisotopic (exact) mass is 353 g/mol. The molecule has 3 aliphatic rings. The second-order valence-corrected chi connectivity index (χ2v) is 8.43. The van der Waals surface area contributed by atoms with Gasteiger partial charge < -0.3 is 14.8 Å². The normalized spacial score (nSPS) is 30.3. The van der Waals surface area contributed by atoms with Gasteiger partial charge in [0.2, 0.25) is 5.91 Å². The molecule has 1 amide bonds. The van der Waals surface area contributed by atoms with Gasteiger partial charge in [-0.3, -0.25) is 9.69 Å². The van der Waals surface area contributed by atoms with Gasteiger partial charge in [0.1, 0.15) is 5.37 Å². The van der Waals surface area contributed by atoms with Gasteiger partial charge in [-0.25, -0.2) is 9.78 Å². The fourth-order valence-corrected chi connectivity index (χ4v) is 6.56. The van der Waals surface area contributed by atoms with Crippen molar-refractivity contribution in [1.82, 2.24) is 14.5 Å². The van der Waals surface area contributed by atoms with Gasteiger partial charge in [-0.15, -0.1) is 11.8 Å². The Labute approximate surface area is 140 Å². The van der Waals surface area contributed by atoms with Crippen LogP contribution in [0.2, 0.25) is 0 Å². The van der Waals surface area contributed by atoms with E-state index < -0.39 is 18.0 Å². The molecule has 23 heavy (non-hydrogen) atoms. The molecule has 1 aromatic heterocycles. The average molecular weight is 353 g/mol. The highest BCUT2D eigenvalue weighted by Crippen LogP contribution is 2.57. The van der Waals surface area contributed by atoms with Crippen LogP contribution in [0.25, 0.3) is 0 Å². The van der Waals surface area contributed by atoms with E-state index in [-0.39, 0.29) is 22.2 Å². The van der Waals surface area contributed by atoms with Crippen molar-refractivity contribution in [1.29, 1.82) is 0 Å². The molecule has 9 heteroatoms. The van der Waals surface area contributed by atoms with Gasteiger partial charge in [0.15, 0.2) is 5.70 Å². The molecule has 1 aromatic rings. The van der Waals surface area contributed by atoms with Gasteiger partial charge in [0, 0.05) is 12.7 Å². The molecule has 0 radical (unpaired) electrons. The zero-order valence-electron chi connectivity index (χ0n) is 12.2. The molecular weight excluding hydrogens is 338 g/mol. The van der Waals surface area contributed by atoms with Crippen molar-refractivity contribution >= 4 is 35.4 Å². The van der Waals surface area contributed by atoms with Crippen LogP contribution in [0.4, 0.5) is 0 Å². The minimum absolute atomic E-state index is 0.0601. The quantitative estimate of drug-likeness (QED) is 0.786. The van der Waals surface area contributed by atoms with E-state index in [0.717, 1.165) is 18.7 Å². The number of carboxylic acid groups (broad SMARTS) is 1. The number of aliphatic carboxylic acids is 1. The van der Waals surface area contributed by atoms with Crippen molar-refractivity contribution in [2.24, 2.45) is 5.92 Å². The zero-order chi connectivity index (χ0) is 16.3. The standard InChI is InChI=1S/C14H15N3O4S2/c1-6(18)9-11(19)17-10(13(20)21)14(23-12(9)17)22-8-2-3-16-5-15-4-7(8)16/h4-6,8-9,12,18H,2-3H2,1H3,(H,20,21)/t6-,8-,9+,12-/m1/s1. The number of imidazole rings is 1. The number of fused-ring (bicyclic) bond motifs is 2. The van der Waals surface area contributed by atoms with Gasteiger partial charge in [0.05, 0.1) is 33.5 Å². The number of carboxylic acids is 1. The zero-order valence-corrected chi connectivity index (χ0v) is 13.9. The van der Waals surface area contributed by atoms with E-state index in [1.165, 1.54) is 28.4 Å². The molecule has 3 aliphatic heterocycles. The number of carbonyl (C=O) groups is 2. The Morgan fingerprint density at radius 1 is 1.57 bits per heavy atom. The van der Waals surface area contributed by atoms with Crippen LogP contribution in [-0.2, 0) is 16.1 Å². The summed E-state index contributed by atoms with van der Waals surface area (Å²) in [6.07, 6.45) is 3.73. The van der Waals surface area contributed by atoms with Gasteiger partial charge >= 0.3 is 5.97 Å². The lowest BCUT2D eigenvalue weighted by atomic mass is 9.92. The van der Waals surface area contributed by atoms with E-state index in [2.05, 4.69) is 9.55 Å². The summed E-state index contributed by atoms with van der Waals surface area (Å²) in [5, 5.41) is 19.1. The molecule has 1 fully saturated rings. The lowest BCUT2D eigenvalue weighted by Gasteiger charge is -2.43. The lowest BCUT2D eigenvalue weighted by Crippen LogP contribution is -2.60. The molecule has 7 nitrogen and oxygen atoms in total. The van der Waals surface area contributed by atoms with Crippen molar-refractivity contribution < 1.29 is 19.8 Å². The van der Waals surface area contributed by atoms with Crippen LogP contribution in [0.1, 0.15) is 24.3 Å². The molecule has 2 N–H and O–H groups in total. The van der Waals surface area contributed by atoms with Crippen LogP contribution in [-0.4, -0.2) is 48.0 Å². The van der Waals surface area contributed by atoms with Crippen LogP contribution >= 0.6 is 23.5 Å². The van der Waals surface area contributed by atoms with E-state index in [9.17, 15) is 19.8 Å². The van der Waals surface area contributed by atoms with Crippen LogP contribution in [0, 0.1) is 5.92 Å². The summed E-state index contributed by atoms with van der Waals surface area (Å²) in [4.78, 5) is 29.2. The van der Waals surface area contributed by atoms with E-state index in [1.807, 2.05) is 6.20 Å². The van der Waals surface area contributed by atoms with Crippen LogP contribution in [0.5, 0.6) is 0 Å². The average Bonchev–Trinajstić information content (AvgIpc) is 3.13. The molecule has 122 valence electrons. The second-order valence-electron chi connectivity index (χ2n) is 5.83. The number of hydrogen-bond acceptors (Lipinski definition) is 6. The van der Waals surface area contributed by atoms with Crippen LogP contribution in [0.15, 0.2) is 22.5 Å². The molecule has 0 bridgehead atoms. The SMILES string of the molecule is C[C@@H](O)[C@H]1C(=O)N2C(C(=O)O)=C(S[C@@H]3CCn4cncc43)S[C@H]12. The maximum Gasteiger partial charge on any atom is 0.354 e. The number of β-lactam (4-membered cyclic amide) rings is 1. The maximum atomic E-state index is 12.2. The molecule has 0 saturated carbocycles. The third-order valence-electron chi connectivity index (χ3n) is 4.42. The smallest absolute Gasteiger partial charge is 0.354 e. The molecular formula is C14H15N3O4S2. The van der Waals surface area contributed by atoms with E-state index in [1.54, 1.807) is 13.3 Å². The highest BCUT2D eigenvalue weighted by molar-refractivity contribution is 8.22. The molecule has 0 aliphatic carbocycles. The first-order valence-corrected chi connectivity index (χ1v) is 9.07. The highest BCUT2D eigenvalue weighted by atomic mass is 32.2. The number of thioether (sulfide) groups is 2. The van der Waals surface area contributed by atoms with E-state index in [0.29, 0.717) is 4.24 Å². The van der Waals surface area contributed by atoms with Gasteiger partial charge in [-0.1, -0.05) is 11.8 Å². The molecule has 1 saturated heterocycles. The van der Waals surface area contributed by atoms with Gasteiger partial charge in [-0.2, -0.15) is 0 Å². The minimum Gasteiger partial charge on any atom is -0.477 e. The molecule has 4 heterocycles. The van der Waals surface area contributed by atoms with E-state index in [4.69, 9.17) is 0 Å². The van der Waals surface area contributed by atoms with Crippen molar-refractivity contribution in [2.45, 2.75) is 36.6 Å². The fraction of sp³-hybridized carbons (Fsp3) is 0.500. The number of aliphatic hydroxyl groups is 1. The summed E-state index contributed by atoms with van der Waals surface area (Å²) < 4.78 is 2.72. The number of rotatable bonds is 4. The van der Waals surface area contributed by atoms with E-state index >= 15 is 0 Å². The molecule has 4 atom stereocenters. The Balaban J connectivity index is 1.61. The summed E-state index contributed by atoms with van der Waals surface area (Å²) >= 11 is 2.87. The Hall–Kier alpha value is -1.45. The molecule has 0 unspecified atom stereocenters. The minimum atomic E-state index is -1.09. The topological polar surface area (TPSA) is 95.7 Å². The number of nitrogens with zero attached hydrogens (tertiary/aromatic N) is 3. The maximum absolute atomic E-state index is 12.2. The van der Waals surface area contributed by atoms with Gasteiger partial charge in [-0.05, 0) is 13.3 Å².